The molecule has 0 aliphatic rings. The molecule has 0 unspecified atom stereocenters. The lowest BCUT2D eigenvalue weighted by atomic mass is 10.1. The van der Waals surface area contributed by atoms with Crippen molar-refractivity contribution in [2.45, 2.75) is 17.9 Å². The second kappa shape index (κ2) is 10.9. The molecule has 2 aromatic carbocycles. The third-order valence-electron chi connectivity index (χ3n) is 3.76. The predicted molar refractivity (Wildman–Crippen MR) is 109 cm³/mol. The average Bonchev–Trinajstić information content (AvgIpc) is 2.63. The molecule has 0 fully saturated rings. The maximum atomic E-state index is 11.2. The van der Waals surface area contributed by atoms with Crippen molar-refractivity contribution >= 4 is 22.4 Å². The highest BCUT2D eigenvalue weighted by atomic mass is 35.5. The number of ether oxygens (including phenoxy) is 2. The van der Waals surface area contributed by atoms with Gasteiger partial charge in [0.2, 0.25) is 10.0 Å². The van der Waals surface area contributed by atoms with Gasteiger partial charge in [-0.3, -0.25) is 0 Å². The Hall–Kier alpha value is -2.06. The van der Waals surface area contributed by atoms with Crippen LogP contribution in [0, 0.1) is 0 Å². The summed E-state index contributed by atoms with van der Waals surface area (Å²) in [5.41, 5.74) is 2.12. The van der Waals surface area contributed by atoms with E-state index in [0.29, 0.717) is 24.7 Å². The lowest BCUT2D eigenvalue weighted by Gasteiger charge is -2.11. The standard InChI is InChI=1S/C19H24N2O4S.ClH/c1-3-12-25-18-9-6-16(13-19(18)24-2)14-21-11-10-15-4-7-17(8-5-15)26(20,22)23;/h3-9,13,21H,1,10-12,14H2,2H3,(H2,20,22,23);1H. The number of nitrogens with two attached hydrogens (primary N) is 1. The summed E-state index contributed by atoms with van der Waals surface area (Å²) < 4.78 is 33.4. The first-order chi connectivity index (χ1) is 12.4. The van der Waals surface area contributed by atoms with Crippen molar-refractivity contribution in [3.05, 3.63) is 66.2 Å². The third-order valence-corrected chi connectivity index (χ3v) is 4.69. The molecule has 0 aliphatic carbocycles. The van der Waals surface area contributed by atoms with Gasteiger partial charge in [0.05, 0.1) is 12.0 Å². The van der Waals surface area contributed by atoms with Crippen LogP contribution >= 0.6 is 12.4 Å². The van der Waals surface area contributed by atoms with E-state index >= 15 is 0 Å². The van der Waals surface area contributed by atoms with Gasteiger partial charge in [-0.2, -0.15) is 0 Å². The Balaban J connectivity index is 0.00000364. The van der Waals surface area contributed by atoms with Crippen molar-refractivity contribution in [1.82, 2.24) is 5.32 Å². The van der Waals surface area contributed by atoms with Crippen LogP contribution in [-0.4, -0.2) is 28.7 Å². The van der Waals surface area contributed by atoms with E-state index in [4.69, 9.17) is 14.6 Å². The first kappa shape index (κ1) is 23.0. The van der Waals surface area contributed by atoms with Gasteiger partial charge in [0.25, 0.3) is 0 Å². The highest BCUT2D eigenvalue weighted by molar-refractivity contribution is 7.89. The summed E-state index contributed by atoms with van der Waals surface area (Å²) in [5, 5.41) is 8.44. The van der Waals surface area contributed by atoms with Gasteiger partial charge in [-0.05, 0) is 48.4 Å². The van der Waals surface area contributed by atoms with Gasteiger partial charge in [0.1, 0.15) is 6.61 Å². The molecule has 0 aromatic heterocycles. The van der Waals surface area contributed by atoms with Crippen LogP contribution < -0.4 is 19.9 Å². The lowest BCUT2D eigenvalue weighted by Crippen LogP contribution is -2.17. The molecule has 6 nitrogen and oxygen atoms in total. The number of sulfonamides is 1. The third kappa shape index (κ3) is 7.22. The van der Waals surface area contributed by atoms with Crippen LogP contribution in [0.2, 0.25) is 0 Å². The molecule has 0 aliphatic heterocycles. The van der Waals surface area contributed by atoms with Gasteiger partial charge in [0.15, 0.2) is 11.5 Å². The fourth-order valence-electron chi connectivity index (χ4n) is 2.40. The molecule has 0 radical (unpaired) electrons. The van der Waals surface area contributed by atoms with Gasteiger partial charge in [-0.25, -0.2) is 13.6 Å². The molecule has 27 heavy (non-hydrogen) atoms. The molecule has 148 valence electrons. The minimum Gasteiger partial charge on any atom is -0.493 e. The van der Waals surface area contributed by atoms with Gasteiger partial charge >= 0.3 is 0 Å². The Morgan fingerprint density at radius 2 is 1.78 bits per heavy atom. The first-order valence-corrected chi connectivity index (χ1v) is 9.71. The van der Waals surface area contributed by atoms with E-state index in [1.54, 1.807) is 25.3 Å². The first-order valence-electron chi connectivity index (χ1n) is 8.17. The average molecular weight is 413 g/mol. The Kier molecular flexibility index (Phi) is 9.31. The normalized spacial score (nSPS) is 10.7. The van der Waals surface area contributed by atoms with Gasteiger partial charge in [-0.15, -0.1) is 12.4 Å². The van der Waals surface area contributed by atoms with Gasteiger partial charge in [-0.1, -0.05) is 30.9 Å². The van der Waals surface area contributed by atoms with Crippen molar-refractivity contribution in [1.29, 1.82) is 0 Å². The zero-order valence-electron chi connectivity index (χ0n) is 15.2. The lowest BCUT2D eigenvalue weighted by molar-refractivity contribution is 0.326. The molecule has 3 N–H and O–H groups in total. The molecule has 0 saturated carbocycles. The van der Waals surface area contributed by atoms with E-state index in [2.05, 4.69) is 11.9 Å². The number of nitrogens with one attached hydrogen (secondary N) is 1. The zero-order valence-corrected chi connectivity index (χ0v) is 16.8. The number of halogens is 1. The van der Waals surface area contributed by atoms with Crippen LogP contribution in [0.3, 0.4) is 0 Å². The monoisotopic (exact) mass is 412 g/mol. The second-order valence-corrected chi connectivity index (χ2v) is 7.26. The van der Waals surface area contributed by atoms with Crippen molar-refractivity contribution in [3.63, 3.8) is 0 Å². The summed E-state index contributed by atoms with van der Waals surface area (Å²) in [6.07, 6.45) is 2.47. The molecule has 0 spiro atoms. The second-order valence-electron chi connectivity index (χ2n) is 5.70. The molecule has 8 heteroatoms. The number of hydrogen-bond donors (Lipinski definition) is 2. The molecule has 2 aromatic rings. The van der Waals surface area contributed by atoms with Gasteiger partial charge < -0.3 is 14.8 Å². The smallest absolute Gasteiger partial charge is 0.238 e. The number of hydrogen-bond acceptors (Lipinski definition) is 5. The molecule has 0 heterocycles. The fourth-order valence-corrected chi connectivity index (χ4v) is 2.92. The Bertz CT molecular complexity index is 839. The van der Waals surface area contributed by atoms with Crippen LogP contribution in [0.25, 0.3) is 0 Å². The Morgan fingerprint density at radius 3 is 2.37 bits per heavy atom. The molecule has 2 rings (SSSR count). The molecular weight excluding hydrogens is 388 g/mol. The Morgan fingerprint density at radius 1 is 1.11 bits per heavy atom. The van der Waals surface area contributed by atoms with Gasteiger partial charge in [0, 0.05) is 6.54 Å². The SMILES string of the molecule is C=CCOc1ccc(CNCCc2ccc(S(N)(=O)=O)cc2)cc1OC.Cl. The molecular formula is C19H25ClN2O4S. The van der Waals surface area contributed by atoms with E-state index in [1.807, 2.05) is 18.2 Å². The van der Waals surface area contributed by atoms with Crippen molar-refractivity contribution in [2.75, 3.05) is 20.3 Å². The molecule has 0 atom stereocenters. The van der Waals surface area contributed by atoms with Crippen LogP contribution in [-0.2, 0) is 23.0 Å². The Labute approximate surface area is 166 Å². The number of rotatable bonds is 10. The van der Waals surface area contributed by atoms with Crippen LogP contribution in [0.5, 0.6) is 11.5 Å². The molecule has 0 bridgehead atoms. The van der Waals surface area contributed by atoms with E-state index in [-0.39, 0.29) is 17.3 Å². The zero-order chi connectivity index (χ0) is 19.0. The van der Waals surface area contributed by atoms with Crippen LogP contribution in [0.15, 0.2) is 60.0 Å². The maximum Gasteiger partial charge on any atom is 0.238 e. The summed E-state index contributed by atoms with van der Waals surface area (Å²) in [6, 6.07) is 12.4. The number of benzene rings is 2. The van der Waals surface area contributed by atoms with E-state index in [0.717, 1.165) is 24.1 Å². The number of primary sulfonamides is 1. The maximum absolute atomic E-state index is 11.2. The van der Waals surface area contributed by atoms with E-state index < -0.39 is 10.0 Å². The van der Waals surface area contributed by atoms with Crippen LogP contribution in [0.1, 0.15) is 11.1 Å². The summed E-state index contributed by atoms with van der Waals surface area (Å²) >= 11 is 0. The molecule has 0 saturated heterocycles. The fraction of sp³-hybridized carbons (Fsp3) is 0.263. The summed E-state index contributed by atoms with van der Waals surface area (Å²) in [7, 11) is -2.03. The number of methoxy groups -OCH3 is 1. The predicted octanol–water partition coefficient (Wildman–Crippen LogP) is 2.66. The van der Waals surface area contributed by atoms with Crippen molar-refractivity contribution in [2.24, 2.45) is 5.14 Å². The largest absolute Gasteiger partial charge is 0.493 e. The van der Waals surface area contributed by atoms with E-state index in [1.165, 1.54) is 12.1 Å². The van der Waals surface area contributed by atoms with Crippen molar-refractivity contribution in [3.8, 4) is 11.5 Å². The minimum absolute atomic E-state index is 0. The molecule has 0 amide bonds. The van der Waals surface area contributed by atoms with Crippen molar-refractivity contribution < 1.29 is 17.9 Å². The topological polar surface area (TPSA) is 90.6 Å². The summed E-state index contributed by atoms with van der Waals surface area (Å²) in [5.74, 6) is 1.37. The quantitative estimate of drug-likeness (QED) is 0.462. The highest BCUT2D eigenvalue weighted by Crippen LogP contribution is 2.28. The van der Waals surface area contributed by atoms with Crippen LogP contribution in [0.4, 0.5) is 0 Å². The van der Waals surface area contributed by atoms with E-state index in [9.17, 15) is 8.42 Å². The highest BCUT2D eigenvalue weighted by Gasteiger charge is 2.07. The minimum atomic E-state index is -3.64. The summed E-state index contributed by atoms with van der Waals surface area (Å²) in [6.45, 7) is 5.50. The summed E-state index contributed by atoms with van der Waals surface area (Å²) in [4.78, 5) is 0.125.